The number of nitrogen functional groups attached to an aromatic ring is 1. The van der Waals surface area contributed by atoms with E-state index in [0.717, 1.165) is 6.07 Å². The van der Waals surface area contributed by atoms with Crippen molar-refractivity contribution < 1.29 is 8.78 Å². The summed E-state index contributed by atoms with van der Waals surface area (Å²) in [4.78, 5) is 3.98. The SMILES string of the molecule is Cc1cc(NN)c2c(F)c(C)cc(F)c2n1. The normalized spacial score (nSPS) is 10.8. The Hall–Kier alpha value is -1.75. The summed E-state index contributed by atoms with van der Waals surface area (Å²) in [7, 11) is 0. The van der Waals surface area contributed by atoms with Gasteiger partial charge in [-0.25, -0.2) is 13.8 Å². The summed E-state index contributed by atoms with van der Waals surface area (Å²) < 4.78 is 27.5. The topological polar surface area (TPSA) is 50.9 Å². The molecule has 2 aromatic rings. The molecular formula is C11H11F2N3. The number of nitrogens with one attached hydrogen (secondary N) is 1. The van der Waals surface area contributed by atoms with E-state index in [9.17, 15) is 8.78 Å². The van der Waals surface area contributed by atoms with Gasteiger partial charge >= 0.3 is 0 Å². The predicted octanol–water partition coefficient (Wildman–Crippen LogP) is 2.42. The fourth-order valence-corrected chi connectivity index (χ4v) is 1.70. The van der Waals surface area contributed by atoms with Gasteiger partial charge in [0.25, 0.3) is 0 Å². The van der Waals surface area contributed by atoms with Crippen LogP contribution >= 0.6 is 0 Å². The van der Waals surface area contributed by atoms with Crippen LogP contribution in [-0.4, -0.2) is 4.98 Å². The fourth-order valence-electron chi connectivity index (χ4n) is 1.70. The summed E-state index contributed by atoms with van der Waals surface area (Å²) in [5.74, 6) is 4.24. The molecule has 0 radical (unpaired) electrons. The fraction of sp³-hybridized carbons (Fsp3) is 0.182. The number of nitrogens with zero attached hydrogens (tertiary/aromatic N) is 1. The molecule has 0 aliphatic rings. The zero-order valence-electron chi connectivity index (χ0n) is 8.94. The number of hydrogen-bond donors (Lipinski definition) is 2. The van der Waals surface area contributed by atoms with Gasteiger partial charge in [0.2, 0.25) is 0 Å². The molecule has 1 aromatic heterocycles. The van der Waals surface area contributed by atoms with Crippen molar-refractivity contribution in [1.82, 2.24) is 4.98 Å². The third kappa shape index (κ3) is 1.49. The second kappa shape index (κ2) is 3.68. The van der Waals surface area contributed by atoms with Gasteiger partial charge in [-0.3, -0.25) is 5.84 Å². The Labute approximate surface area is 91.3 Å². The van der Waals surface area contributed by atoms with Crippen LogP contribution in [0.2, 0.25) is 0 Å². The average Bonchev–Trinajstić information content (AvgIpc) is 2.25. The molecule has 16 heavy (non-hydrogen) atoms. The molecule has 3 nitrogen and oxygen atoms in total. The summed E-state index contributed by atoms with van der Waals surface area (Å²) in [6.45, 7) is 3.19. The van der Waals surface area contributed by atoms with Crippen molar-refractivity contribution >= 4 is 16.6 Å². The zero-order valence-corrected chi connectivity index (χ0v) is 8.94. The standard InChI is InChI=1S/C11H11F2N3/c1-5-3-7(12)11-9(10(5)13)8(16-14)4-6(2)15-11/h3-4H,14H2,1-2H3,(H,15,16). The molecule has 5 heteroatoms. The number of nitrogens with two attached hydrogens (primary N) is 1. The molecule has 0 fully saturated rings. The largest absolute Gasteiger partial charge is 0.323 e. The van der Waals surface area contributed by atoms with Gasteiger partial charge in [0, 0.05) is 5.69 Å². The van der Waals surface area contributed by atoms with E-state index in [1.807, 2.05) is 0 Å². The Morgan fingerprint density at radius 2 is 1.94 bits per heavy atom. The molecule has 84 valence electrons. The lowest BCUT2D eigenvalue weighted by atomic mass is 10.1. The average molecular weight is 223 g/mol. The monoisotopic (exact) mass is 223 g/mol. The van der Waals surface area contributed by atoms with Crippen molar-refractivity contribution in [3.05, 3.63) is 35.0 Å². The second-order valence-corrected chi connectivity index (χ2v) is 3.67. The molecule has 0 bridgehead atoms. The highest BCUT2D eigenvalue weighted by atomic mass is 19.1. The van der Waals surface area contributed by atoms with E-state index in [4.69, 9.17) is 5.84 Å². The van der Waals surface area contributed by atoms with Crippen molar-refractivity contribution in [2.75, 3.05) is 5.43 Å². The molecule has 3 N–H and O–H groups in total. The summed E-state index contributed by atoms with van der Waals surface area (Å²) >= 11 is 0. The highest BCUT2D eigenvalue weighted by Gasteiger charge is 2.14. The van der Waals surface area contributed by atoms with Crippen molar-refractivity contribution in [2.45, 2.75) is 13.8 Å². The number of hydrazine groups is 1. The number of aromatic nitrogens is 1. The van der Waals surface area contributed by atoms with E-state index in [2.05, 4.69) is 10.4 Å². The van der Waals surface area contributed by atoms with Crippen LogP contribution in [0, 0.1) is 25.5 Å². The number of anilines is 1. The minimum absolute atomic E-state index is 0.00366. The first kappa shape index (κ1) is 10.8. The molecule has 0 spiro atoms. The van der Waals surface area contributed by atoms with Crippen LogP contribution in [0.25, 0.3) is 10.9 Å². The molecule has 0 saturated carbocycles. The number of hydrogen-bond acceptors (Lipinski definition) is 3. The van der Waals surface area contributed by atoms with Crippen LogP contribution in [0.1, 0.15) is 11.3 Å². The molecule has 0 saturated heterocycles. The summed E-state index contributed by atoms with van der Waals surface area (Å²) in [6, 6.07) is 2.70. The number of rotatable bonds is 1. The summed E-state index contributed by atoms with van der Waals surface area (Å²) in [5, 5.41) is 0.0885. The summed E-state index contributed by atoms with van der Waals surface area (Å²) in [5.41, 5.74) is 3.49. The maximum atomic E-state index is 13.9. The number of halogens is 2. The van der Waals surface area contributed by atoms with Crippen molar-refractivity contribution in [2.24, 2.45) is 5.84 Å². The smallest absolute Gasteiger partial charge is 0.149 e. The lowest BCUT2D eigenvalue weighted by Gasteiger charge is -2.10. The van der Waals surface area contributed by atoms with Crippen LogP contribution < -0.4 is 11.3 Å². The first-order valence-corrected chi connectivity index (χ1v) is 4.77. The summed E-state index contributed by atoms with van der Waals surface area (Å²) in [6.07, 6.45) is 0. The Kier molecular flexibility index (Phi) is 2.47. The van der Waals surface area contributed by atoms with Crippen LogP contribution in [-0.2, 0) is 0 Å². The van der Waals surface area contributed by atoms with Gasteiger partial charge in [-0.1, -0.05) is 0 Å². The van der Waals surface area contributed by atoms with E-state index < -0.39 is 11.6 Å². The number of benzene rings is 1. The molecule has 2 rings (SSSR count). The second-order valence-electron chi connectivity index (χ2n) is 3.67. The van der Waals surface area contributed by atoms with Gasteiger partial charge in [0.05, 0.1) is 11.1 Å². The Morgan fingerprint density at radius 1 is 1.25 bits per heavy atom. The van der Waals surface area contributed by atoms with Crippen molar-refractivity contribution in [3.8, 4) is 0 Å². The molecule has 1 aromatic carbocycles. The van der Waals surface area contributed by atoms with E-state index in [1.165, 1.54) is 6.92 Å². The molecule has 0 amide bonds. The quantitative estimate of drug-likeness (QED) is 0.576. The number of fused-ring (bicyclic) bond motifs is 1. The van der Waals surface area contributed by atoms with Crippen LogP contribution in [0.4, 0.5) is 14.5 Å². The third-order valence-electron chi connectivity index (χ3n) is 2.44. The highest BCUT2D eigenvalue weighted by molar-refractivity contribution is 5.92. The number of aryl methyl sites for hydroxylation is 2. The predicted molar refractivity (Wildman–Crippen MR) is 58.9 cm³/mol. The van der Waals surface area contributed by atoms with Gasteiger partial charge in [0.1, 0.15) is 17.2 Å². The number of pyridine rings is 1. The first-order valence-electron chi connectivity index (χ1n) is 4.77. The molecule has 0 atom stereocenters. The van der Waals surface area contributed by atoms with Crippen LogP contribution in [0.3, 0.4) is 0 Å². The Balaban J connectivity index is 2.99. The molecule has 0 aliphatic carbocycles. The van der Waals surface area contributed by atoms with Gasteiger partial charge in [-0.15, -0.1) is 0 Å². The van der Waals surface area contributed by atoms with Crippen molar-refractivity contribution in [3.63, 3.8) is 0 Å². The van der Waals surface area contributed by atoms with E-state index in [-0.39, 0.29) is 16.5 Å². The van der Waals surface area contributed by atoms with E-state index >= 15 is 0 Å². The van der Waals surface area contributed by atoms with Crippen molar-refractivity contribution in [1.29, 1.82) is 0 Å². The molecule has 1 heterocycles. The lowest BCUT2D eigenvalue weighted by Crippen LogP contribution is -2.09. The van der Waals surface area contributed by atoms with Crippen LogP contribution in [0.15, 0.2) is 12.1 Å². The highest BCUT2D eigenvalue weighted by Crippen LogP contribution is 2.29. The maximum Gasteiger partial charge on any atom is 0.149 e. The molecule has 0 unspecified atom stereocenters. The van der Waals surface area contributed by atoms with E-state index in [0.29, 0.717) is 11.4 Å². The van der Waals surface area contributed by atoms with Gasteiger partial charge in [0.15, 0.2) is 0 Å². The molecular weight excluding hydrogens is 212 g/mol. The first-order chi connectivity index (χ1) is 7.54. The van der Waals surface area contributed by atoms with Crippen LogP contribution in [0.5, 0.6) is 0 Å². The van der Waals surface area contributed by atoms with Gasteiger partial charge in [-0.2, -0.15) is 0 Å². The zero-order chi connectivity index (χ0) is 11.9. The maximum absolute atomic E-state index is 13.9. The lowest BCUT2D eigenvalue weighted by molar-refractivity contribution is 0.607. The Morgan fingerprint density at radius 3 is 2.56 bits per heavy atom. The van der Waals surface area contributed by atoms with Gasteiger partial charge < -0.3 is 5.43 Å². The molecule has 0 aliphatic heterocycles. The third-order valence-corrected chi connectivity index (χ3v) is 2.44. The minimum Gasteiger partial charge on any atom is -0.323 e. The van der Waals surface area contributed by atoms with E-state index in [1.54, 1.807) is 13.0 Å². The minimum atomic E-state index is -0.547. The van der Waals surface area contributed by atoms with Gasteiger partial charge in [-0.05, 0) is 31.5 Å². The Bertz CT molecular complexity index is 567.